The first-order valence-corrected chi connectivity index (χ1v) is 13.2. The van der Waals surface area contributed by atoms with Crippen molar-refractivity contribution in [3.05, 3.63) is 94.0 Å². The van der Waals surface area contributed by atoms with Gasteiger partial charge in [0.2, 0.25) is 0 Å². The highest BCUT2D eigenvalue weighted by Gasteiger charge is 2.48. The van der Waals surface area contributed by atoms with E-state index in [9.17, 15) is 14.7 Å². The molecule has 188 valence electrons. The number of aliphatic hydroxyl groups is 1. The summed E-state index contributed by atoms with van der Waals surface area (Å²) in [4.78, 5) is 32.9. The number of aliphatic hydroxyl groups excluding tert-OH is 1. The van der Waals surface area contributed by atoms with Crippen LogP contribution in [0.25, 0.3) is 16.0 Å². The van der Waals surface area contributed by atoms with Crippen LogP contribution >= 0.6 is 22.9 Å². The Morgan fingerprint density at radius 1 is 1.11 bits per heavy atom. The molecule has 0 radical (unpaired) electrons. The molecular weight excluding hydrogens is 508 g/mol. The molecular formula is C29H25ClN2O4S. The lowest BCUT2D eigenvalue weighted by molar-refractivity contribution is -0.132. The Balaban J connectivity index is 1.70. The maximum atomic E-state index is 13.5. The van der Waals surface area contributed by atoms with Crippen molar-refractivity contribution in [2.45, 2.75) is 32.7 Å². The van der Waals surface area contributed by atoms with E-state index in [4.69, 9.17) is 16.3 Å². The number of amides is 1. The summed E-state index contributed by atoms with van der Waals surface area (Å²) in [7, 11) is 0. The number of nitrogens with zero attached hydrogens (tertiary/aromatic N) is 2. The van der Waals surface area contributed by atoms with Crippen LogP contribution in [0, 0.1) is 0 Å². The van der Waals surface area contributed by atoms with E-state index in [-0.39, 0.29) is 11.3 Å². The van der Waals surface area contributed by atoms with Gasteiger partial charge in [-0.25, -0.2) is 4.98 Å². The molecule has 1 saturated heterocycles. The topological polar surface area (TPSA) is 79.7 Å². The number of ketones is 1. The SMILES string of the molecule is CCOc1cccc(/C(O)=C2\C(=O)C(=O)N(c3nc4ccc(Cl)cc4s3)C2c2ccc(C(C)C)cc2)c1. The summed E-state index contributed by atoms with van der Waals surface area (Å²) in [5, 5.41) is 12.3. The Kier molecular flexibility index (Phi) is 6.75. The third-order valence-electron chi connectivity index (χ3n) is 6.33. The van der Waals surface area contributed by atoms with Crippen LogP contribution in [-0.4, -0.2) is 28.4 Å². The highest BCUT2D eigenvalue weighted by Crippen LogP contribution is 2.45. The molecule has 0 saturated carbocycles. The Bertz CT molecular complexity index is 1540. The van der Waals surface area contributed by atoms with Crippen molar-refractivity contribution in [3.63, 3.8) is 0 Å². The van der Waals surface area contributed by atoms with Crippen molar-refractivity contribution in [2.24, 2.45) is 0 Å². The fourth-order valence-corrected chi connectivity index (χ4v) is 5.72. The lowest BCUT2D eigenvalue weighted by Gasteiger charge is -2.23. The maximum absolute atomic E-state index is 13.5. The van der Waals surface area contributed by atoms with Crippen LogP contribution in [0.5, 0.6) is 5.75 Å². The van der Waals surface area contributed by atoms with E-state index in [1.807, 2.05) is 31.2 Å². The lowest BCUT2D eigenvalue weighted by Crippen LogP contribution is -2.29. The summed E-state index contributed by atoms with van der Waals surface area (Å²) < 4.78 is 6.37. The summed E-state index contributed by atoms with van der Waals surface area (Å²) in [6.45, 7) is 6.51. The summed E-state index contributed by atoms with van der Waals surface area (Å²) in [5.74, 6) is -0.901. The van der Waals surface area contributed by atoms with Crippen LogP contribution in [0.1, 0.15) is 49.4 Å². The Labute approximate surface area is 223 Å². The van der Waals surface area contributed by atoms with Gasteiger partial charge < -0.3 is 9.84 Å². The number of ether oxygens (including phenoxy) is 1. The molecule has 1 unspecified atom stereocenters. The van der Waals surface area contributed by atoms with E-state index in [0.717, 1.165) is 10.3 Å². The van der Waals surface area contributed by atoms with Gasteiger partial charge in [0.25, 0.3) is 5.78 Å². The lowest BCUT2D eigenvalue weighted by atomic mass is 9.93. The molecule has 1 atom stereocenters. The second kappa shape index (κ2) is 10.00. The Morgan fingerprint density at radius 3 is 2.57 bits per heavy atom. The second-order valence-electron chi connectivity index (χ2n) is 9.06. The zero-order valence-corrected chi connectivity index (χ0v) is 22.1. The normalized spacial score (nSPS) is 17.2. The van der Waals surface area contributed by atoms with Crippen molar-refractivity contribution in [2.75, 3.05) is 11.5 Å². The molecule has 1 aliphatic heterocycles. The minimum absolute atomic E-state index is 0.00762. The van der Waals surface area contributed by atoms with E-state index in [1.54, 1.807) is 42.5 Å². The van der Waals surface area contributed by atoms with Crippen molar-refractivity contribution in [1.82, 2.24) is 4.98 Å². The third kappa shape index (κ3) is 4.61. The molecule has 4 aromatic rings. The monoisotopic (exact) mass is 532 g/mol. The molecule has 1 fully saturated rings. The molecule has 8 heteroatoms. The fourth-order valence-electron chi connectivity index (χ4n) is 4.45. The number of hydrogen-bond acceptors (Lipinski definition) is 6. The smallest absolute Gasteiger partial charge is 0.301 e. The number of fused-ring (bicyclic) bond motifs is 1. The highest BCUT2D eigenvalue weighted by molar-refractivity contribution is 7.22. The van der Waals surface area contributed by atoms with Gasteiger partial charge in [-0.2, -0.15) is 0 Å². The van der Waals surface area contributed by atoms with Gasteiger partial charge >= 0.3 is 5.91 Å². The zero-order chi connectivity index (χ0) is 26.3. The van der Waals surface area contributed by atoms with E-state index < -0.39 is 17.7 Å². The number of benzene rings is 3. The number of thiazole rings is 1. The van der Waals surface area contributed by atoms with Crippen LogP contribution in [0.3, 0.4) is 0 Å². The van der Waals surface area contributed by atoms with Crippen LogP contribution < -0.4 is 9.64 Å². The first kappa shape index (κ1) is 25.0. The number of carbonyl (C=O) groups is 2. The molecule has 0 spiro atoms. The van der Waals surface area contributed by atoms with Crippen LogP contribution in [0.2, 0.25) is 5.02 Å². The molecule has 5 rings (SSSR count). The van der Waals surface area contributed by atoms with E-state index in [0.29, 0.717) is 45.1 Å². The van der Waals surface area contributed by atoms with Crippen LogP contribution in [0.4, 0.5) is 5.13 Å². The quantitative estimate of drug-likeness (QED) is 0.163. The van der Waals surface area contributed by atoms with Crippen molar-refractivity contribution >= 4 is 55.7 Å². The van der Waals surface area contributed by atoms with Gasteiger partial charge in [-0.3, -0.25) is 14.5 Å². The number of aromatic nitrogens is 1. The van der Waals surface area contributed by atoms with Crippen LogP contribution in [0.15, 0.2) is 72.3 Å². The van der Waals surface area contributed by atoms with Gasteiger partial charge in [0, 0.05) is 10.6 Å². The van der Waals surface area contributed by atoms with Gasteiger partial charge in [-0.05, 0) is 54.3 Å². The molecule has 1 amide bonds. The average Bonchev–Trinajstić information content (AvgIpc) is 3.41. The molecule has 3 aromatic carbocycles. The summed E-state index contributed by atoms with van der Waals surface area (Å²) in [6.07, 6.45) is 0. The predicted octanol–water partition coefficient (Wildman–Crippen LogP) is 7.10. The summed E-state index contributed by atoms with van der Waals surface area (Å²) in [5.41, 5.74) is 2.89. The van der Waals surface area contributed by atoms with Crippen molar-refractivity contribution in [3.8, 4) is 5.75 Å². The molecule has 6 nitrogen and oxygen atoms in total. The second-order valence-corrected chi connectivity index (χ2v) is 10.5. The molecule has 37 heavy (non-hydrogen) atoms. The van der Waals surface area contributed by atoms with Gasteiger partial charge in [0.15, 0.2) is 5.13 Å². The molecule has 0 aliphatic carbocycles. The number of rotatable bonds is 6. The van der Waals surface area contributed by atoms with Gasteiger partial charge in [0.1, 0.15) is 11.5 Å². The fraction of sp³-hybridized carbons (Fsp3) is 0.207. The summed E-state index contributed by atoms with van der Waals surface area (Å²) in [6, 6.07) is 19.0. The maximum Gasteiger partial charge on any atom is 0.301 e. The molecule has 1 N–H and O–H groups in total. The standard InChI is InChI=1S/C29H25ClN2O4S/c1-4-36-21-7-5-6-19(14-21)26(33)24-25(18-10-8-17(9-11-18)16(2)3)32(28(35)27(24)34)29-31-22-13-12-20(30)15-23(22)37-29/h5-16,25,33H,4H2,1-3H3/b26-24+. The first-order chi connectivity index (χ1) is 17.8. The summed E-state index contributed by atoms with van der Waals surface area (Å²) >= 11 is 7.44. The number of anilines is 1. The molecule has 1 aliphatic rings. The molecule has 1 aromatic heterocycles. The Hall–Kier alpha value is -3.68. The predicted molar refractivity (Wildman–Crippen MR) is 148 cm³/mol. The third-order valence-corrected chi connectivity index (χ3v) is 7.58. The largest absolute Gasteiger partial charge is 0.507 e. The average molecular weight is 533 g/mol. The Morgan fingerprint density at radius 2 is 1.86 bits per heavy atom. The number of hydrogen-bond donors (Lipinski definition) is 1. The van der Waals surface area contributed by atoms with Crippen LogP contribution in [-0.2, 0) is 9.59 Å². The van der Waals surface area contributed by atoms with E-state index >= 15 is 0 Å². The minimum Gasteiger partial charge on any atom is -0.507 e. The number of Topliss-reactive ketones (excluding diaryl/α,β-unsaturated/α-hetero) is 1. The van der Waals surface area contributed by atoms with Gasteiger partial charge in [-0.15, -0.1) is 0 Å². The minimum atomic E-state index is -0.854. The van der Waals surface area contributed by atoms with Gasteiger partial charge in [0.05, 0.1) is 28.4 Å². The molecule has 2 heterocycles. The van der Waals surface area contributed by atoms with E-state index in [2.05, 4.69) is 18.8 Å². The van der Waals surface area contributed by atoms with Gasteiger partial charge in [-0.1, -0.05) is 73.2 Å². The first-order valence-electron chi connectivity index (χ1n) is 12.0. The number of halogens is 1. The highest BCUT2D eigenvalue weighted by atomic mass is 35.5. The van der Waals surface area contributed by atoms with E-state index in [1.165, 1.54) is 16.2 Å². The van der Waals surface area contributed by atoms with Crippen molar-refractivity contribution < 1.29 is 19.4 Å². The van der Waals surface area contributed by atoms with Crippen molar-refractivity contribution in [1.29, 1.82) is 0 Å². The number of carbonyl (C=O) groups excluding carboxylic acids is 2. The molecule has 0 bridgehead atoms. The zero-order valence-electron chi connectivity index (χ0n) is 20.6.